The average Bonchev–Trinajstić information content (AvgIpc) is 2.23. The molecule has 0 atom stereocenters. The van der Waals surface area contributed by atoms with Crippen LogP contribution in [0.3, 0.4) is 0 Å². The van der Waals surface area contributed by atoms with Crippen LogP contribution in [0.5, 0.6) is 0 Å². The van der Waals surface area contributed by atoms with Gasteiger partial charge in [0.1, 0.15) is 0 Å². The van der Waals surface area contributed by atoms with Crippen LogP contribution in [0.1, 0.15) is 5.56 Å². The van der Waals surface area contributed by atoms with Crippen molar-refractivity contribution in [2.45, 2.75) is 5.97 Å². The Morgan fingerprint density at radius 2 is 1.46 bits per heavy atom. The quantitative estimate of drug-likeness (QED) is 0.656. The molecule has 0 bridgehead atoms. The first-order chi connectivity index (χ1) is 6.29. The van der Waals surface area contributed by atoms with Crippen LogP contribution in [-0.4, -0.2) is 26.3 Å². The first-order valence-electron chi connectivity index (χ1n) is 3.85. The third-order valence-electron chi connectivity index (χ3n) is 1.84. The molecule has 13 heavy (non-hydrogen) atoms. The zero-order valence-corrected chi connectivity index (χ0v) is 7.98. The van der Waals surface area contributed by atoms with Crippen molar-refractivity contribution in [1.82, 2.24) is 4.98 Å². The smallest absolute Gasteiger partial charge is 0.311 e. The number of pyridine rings is 1. The van der Waals surface area contributed by atoms with Crippen LogP contribution in [0.4, 0.5) is 0 Å². The molecule has 0 amide bonds. The molecule has 4 heteroatoms. The minimum absolute atomic E-state index is 0.773. The number of nitrogens with zero attached hydrogens (tertiary/aromatic N) is 1. The topological polar surface area (TPSA) is 40.6 Å². The van der Waals surface area contributed by atoms with Gasteiger partial charge in [0.25, 0.3) is 0 Å². The molecule has 1 heterocycles. The van der Waals surface area contributed by atoms with E-state index in [0.29, 0.717) is 0 Å². The molecule has 0 aliphatic rings. The molecule has 0 aromatic carbocycles. The van der Waals surface area contributed by atoms with Gasteiger partial charge in [-0.3, -0.25) is 4.98 Å². The van der Waals surface area contributed by atoms with Crippen LogP contribution in [0.25, 0.3) is 0 Å². The lowest BCUT2D eigenvalue weighted by Crippen LogP contribution is -2.32. The van der Waals surface area contributed by atoms with Gasteiger partial charge in [0.05, 0.1) is 0 Å². The van der Waals surface area contributed by atoms with Crippen LogP contribution in [0.2, 0.25) is 0 Å². The Kier molecular flexibility index (Phi) is 3.36. The first-order valence-corrected chi connectivity index (χ1v) is 3.85. The van der Waals surface area contributed by atoms with E-state index in [4.69, 9.17) is 14.2 Å². The van der Waals surface area contributed by atoms with Gasteiger partial charge in [-0.2, -0.15) is 0 Å². The molecule has 72 valence electrons. The van der Waals surface area contributed by atoms with Crippen molar-refractivity contribution in [3.63, 3.8) is 0 Å². The molecule has 1 aromatic heterocycles. The van der Waals surface area contributed by atoms with Crippen molar-refractivity contribution in [3.05, 3.63) is 30.1 Å². The summed E-state index contributed by atoms with van der Waals surface area (Å²) in [4.78, 5) is 3.90. The van der Waals surface area contributed by atoms with E-state index in [1.54, 1.807) is 24.5 Å². The molecule has 0 spiro atoms. The standard InChI is InChI=1S/C9H13NO3/c1-11-9(12-2,13-3)8-4-6-10-7-5-8/h4-7H,1-3H3. The largest absolute Gasteiger partial charge is 0.327 e. The molecule has 0 aliphatic carbocycles. The summed E-state index contributed by atoms with van der Waals surface area (Å²) in [5, 5.41) is 0. The summed E-state index contributed by atoms with van der Waals surface area (Å²) in [6, 6.07) is 3.55. The van der Waals surface area contributed by atoms with E-state index in [1.807, 2.05) is 0 Å². The van der Waals surface area contributed by atoms with E-state index in [9.17, 15) is 0 Å². The summed E-state index contributed by atoms with van der Waals surface area (Å²) in [7, 11) is 4.56. The van der Waals surface area contributed by atoms with E-state index in [1.165, 1.54) is 21.3 Å². The highest BCUT2D eigenvalue weighted by molar-refractivity contribution is 5.14. The number of hydrogen-bond donors (Lipinski definition) is 0. The van der Waals surface area contributed by atoms with Crippen molar-refractivity contribution >= 4 is 0 Å². The molecular weight excluding hydrogens is 170 g/mol. The van der Waals surface area contributed by atoms with Crippen molar-refractivity contribution in [3.8, 4) is 0 Å². The van der Waals surface area contributed by atoms with Gasteiger partial charge in [-0.1, -0.05) is 0 Å². The van der Waals surface area contributed by atoms with Crippen LogP contribution >= 0.6 is 0 Å². The van der Waals surface area contributed by atoms with E-state index < -0.39 is 5.97 Å². The summed E-state index contributed by atoms with van der Waals surface area (Å²) >= 11 is 0. The van der Waals surface area contributed by atoms with Gasteiger partial charge >= 0.3 is 5.97 Å². The van der Waals surface area contributed by atoms with E-state index in [-0.39, 0.29) is 0 Å². The lowest BCUT2D eigenvalue weighted by molar-refractivity contribution is -0.364. The SMILES string of the molecule is COC(OC)(OC)c1ccncc1. The van der Waals surface area contributed by atoms with Crippen LogP contribution < -0.4 is 0 Å². The fourth-order valence-corrected chi connectivity index (χ4v) is 1.16. The summed E-state index contributed by atoms with van der Waals surface area (Å²) in [5.41, 5.74) is 0.773. The van der Waals surface area contributed by atoms with Crippen LogP contribution in [0.15, 0.2) is 24.5 Å². The zero-order chi connectivity index (χ0) is 9.73. The Hall–Kier alpha value is -0.970. The zero-order valence-electron chi connectivity index (χ0n) is 7.98. The summed E-state index contributed by atoms with van der Waals surface area (Å²) in [5.74, 6) is -1.12. The molecule has 0 saturated carbocycles. The number of hydrogen-bond acceptors (Lipinski definition) is 4. The number of methoxy groups -OCH3 is 3. The van der Waals surface area contributed by atoms with Gasteiger partial charge in [0, 0.05) is 39.3 Å². The summed E-state index contributed by atoms with van der Waals surface area (Å²) in [6.45, 7) is 0. The second kappa shape index (κ2) is 4.32. The summed E-state index contributed by atoms with van der Waals surface area (Å²) < 4.78 is 15.5. The maximum atomic E-state index is 5.15. The highest BCUT2D eigenvalue weighted by atomic mass is 16.9. The van der Waals surface area contributed by atoms with Gasteiger partial charge in [0.2, 0.25) is 0 Å². The Labute approximate surface area is 77.5 Å². The van der Waals surface area contributed by atoms with Crippen molar-refractivity contribution < 1.29 is 14.2 Å². The van der Waals surface area contributed by atoms with Crippen molar-refractivity contribution in [2.24, 2.45) is 0 Å². The Bertz CT molecular complexity index is 238. The van der Waals surface area contributed by atoms with Crippen LogP contribution in [0, 0.1) is 0 Å². The normalized spacial score (nSPS) is 11.6. The van der Waals surface area contributed by atoms with Gasteiger partial charge in [-0.15, -0.1) is 0 Å². The van der Waals surface area contributed by atoms with Gasteiger partial charge < -0.3 is 14.2 Å². The number of aromatic nitrogens is 1. The molecule has 1 rings (SSSR count). The number of rotatable bonds is 4. The van der Waals surface area contributed by atoms with Crippen molar-refractivity contribution in [2.75, 3.05) is 21.3 Å². The molecule has 0 N–H and O–H groups in total. The Balaban J connectivity index is 3.01. The number of ether oxygens (including phenoxy) is 3. The van der Waals surface area contributed by atoms with Gasteiger partial charge in [0.15, 0.2) is 0 Å². The van der Waals surface area contributed by atoms with Gasteiger partial charge in [-0.25, -0.2) is 0 Å². The van der Waals surface area contributed by atoms with Crippen molar-refractivity contribution in [1.29, 1.82) is 0 Å². The lowest BCUT2D eigenvalue weighted by atomic mass is 10.2. The molecule has 0 unspecified atom stereocenters. The molecule has 4 nitrogen and oxygen atoms in total. The highest BCUT2D eigenvalue weighted by Crippen LogP contribution is 2.25. The van der Waals surface area contributed by atoms with E-state index in [0.717, 1.165) is 5.56 Å². The predicted molar refractivity (Wildman–Crippen MR) is 46.9 cm³/mol. The first kappa shape index (κ1) is 10.1. The van der Waals surface area contributed by atoms with E-state index in [2.05, 4.69) is 4.98 Å². The van der Waals surface area contributed by atoms with Gasteiger partial charge in [-0.05, 0) is 12.1 Å². The highest BCUT2D eigenvalue weighted by Gasteiger charge is 2.31. The Morgan fingerprint density at radius 3 is 1.85 bits per heavy atom. The lowest BCUT2D eigenvalue weighted by Gasteiger charge is -2.28. The third-order valence-corrected chi connectivity index (χ3v) is 1.84. The third kappa shape index (κ3) is 1.85. The fraction of sp³-hybridized carbons (Fsp3) is 0.444. The second-order valence-corrected chi connectivity index (χ2v) is 2.40. The molecule has 0 aliphatic heterocycles. The maximum absolute atomic E-state index is 5.15. The molecular formula is C9H13NO3. The minimum atomic E-state index is -1.12. The molecule has 0 saturated heterocycles. The summed E-state index contributed by atoms with van der Waals surface area (Å²) in [6.07, 6.45) is 3.31. The predicted octanol–water partition coefficient (Wildman–Crippen LogP) is 1.13. The molecule has 0 fully saturated rings. The molecule has 1 aromatic rings. The monoisotopic (exact) mass is 183 g/mol. The molecule has 0 radical (unpaired) electrons. The fourth-order valence-electron chi connectivity index (χ4n) is 1.16. The second-order valence-electron chi connectivity index (χ2n) is 2.40. The average molecular weight is 183 g/mol. The van der Waals surface area contributed by atoms with E-state index >= 15 is 0 Å². The van der Waals surface area contributed by atoms with Crippen LogP contribution in [-0.2, 0) is 20.2 Å². The maximum Gasteiger partial charge on any atom is 0.311 e. The minimum Gasteiger partial charge on any atom is -0.327 e. The Morgan fingerprint density at radius 1 is 1.00 bits per heavy atom.